The van der Waals surface area contributed by atoms with Crippen molar-refractivity contribution in [2.45, 2.75) is 53.8 Å². The number of fused-ring (bicyclic) bond motifs is 1. The van der Waals surface area contributed by atoms with Crippen molar-refractivity contribution in [1.82, 2.24) is 0 Å². The van der Waals surface area contributed by atoms with E-state index in [1.54, 1.807) is 11.8 Å². The molecule has 1 nitrogen and oxygen atoms in total. The quantitative estimate of drug-likeness (QED) is 0.654. The van der Waals surface area contributed by atoms with Gasteiger partial charge in [0.05, 0.1) is 0 Å². The maximum absolute atomic E-state index is 10.2. The summed E-state index contributed by atoms with van der Waals surface area (Å²) >= 11 is 3.80. The van der Waals surface area contributed by atoms with Crippen LogP contribution in [-0.2, 0) is 0 Å². The van der Waals surface area contributed by atoms with Crippen LogP contribution in [0.1, 0.15) is 33.1 Å². The molecule has 1 aliphatic heterocycles. The number of hydrogen-bond acceptors (Lipinski definition) is 3. The maximum atomic E-state index is 10.2. The lowest BCUT2D eigenvalue weighted by molar-refractivity contribution is 0.148. The van der Waals surface area contributed by atoms with E-state index in [1.165, 1.54) is 12.8 Å². The number of aliphatic hydroxyl groups is 1. The SMILES string of the molecule is CC1SC2CCCC2(O)SC1C. The van der Waals surface area contributed by atoms with Crippen LogP contribution >= 0.6 is 23.5 Å². The molecule has 12 heavy (non-hydrogen) atoms. The molecule has 1 N–H and O–H groups in total. The third-order valence-electron chi connectivity index (χ3n) is 2.93. The summed E-state index contributed by atoms with van der Waals surface area (Å²) in [4.78, 5) is -0.378. The van der Waals surface area contributed by atoms with E-state index in [1.807, 2.05) is 11.8 Å². The van der Waals surface area contributed by atoms with Crippen LogP contribution in [0.25, 0.3) is 0 Å². The van der Waals surface area contributed by atoms with Crippen LogP contribution < -0.4 is 0 Å². The molecule has 0 radical (unpaired) electrons. The van der Waals surface area contributed by atoms with Crippen LogP contribution in [0.3, 0.4) is 0 Å². The monoisotopic (exact) mass is 204 g/mol. The highest BCUT2D eigenvalue weighted by molar-refractivity contribution is 8.08. The van der Waals surface area contributed by atoms with Crippen molar-refractivity contribution in [2.24, 2.45) is 0 Å². The summed E-state index contributed by atoms with van der Waals surface area (Å²) in [6, 6.07) is 0. The zero-order valence-electron chi connectivity index (χ0n) is 7.62. The fraction of sp³-hybridized carbons (Fsp3) is 1.00. The van der Waals surface area contributed by atoms with E-state index in [2.05, 4.69) is 13.8 Å². The Kier molecular flexibility index (Phi) is 2.39. The molecule has 0 aromatic rings. The van der Waals surface area contributed by atoms with Crippen molar-refractivity contribution in [1.29, 1.82) is 0 Å². The summed E-state index contributed by atoms with van der Waals surface area (Å²) in [5.74, 6) is 0. The Morgan fingerprint density at radius 1 is 1.33 bits per heavy atom. The fourth-order valence-corrected chi connectivity index (χ4v) is 5.46. The second-order valence-electron chi connectivity index (χ2n) is 3.89. The third kappa shape index (κ3) is 1.40. The van der Waals surface area contributed by atoms with Crippen molar-refractivity contribution in [3.63, 3.8) is 0 Å². The lowest BCUT2D eigenvalue weighted by Crippen LogP contribution is -2.41. The molecule has 1 aliphatic carbocycles. The smallest absolute Gasteiger partial charge is 0.122 e. The molecule has 2 rings (SSSR count). The van der Waals surface area contributed by atoms with Gasteiger partial charge in [-0.3, -0.25) is 0 Å². The minimum atomic E-state index is -0.378. The predicted octanol–water partition coefficient (Wildman–Crippen LogP) is 2.48. The van der Waals surface area contributed by atoms with Gasteiger partial charge in [0.15, 0.2) is 0 Å². The topological polar surface area (TPSA) is 20.2 Å². The second-order valence-corrected chi connectivity index (χ2v) is 7.16. The lowest BCUT2D eigenvalue weighted by atomic mass is 10.3. The highest BCUT2D eigenvalue weighted by atomic mass is 32.2. The van der Waals surface area contributed by atoms with Gasteiger partial charge in [-0.1, -0.05) is 13.8 Å². The Bertz CT molecular complexity index is 185. The van der Waals surface area contributed by atoms with Crippen molar-refractivity contribution >= 4 is 23.5 Å². The summed E-state index contributed by atoms with van der Waals surface area (Å²) in [5, 5.41) is 12.1. The first-order chi connectivity index (χ1) is 5.62. The molecule has 0 aromatic carbocycles. The molecule has 1 saturated carbocycles. The zero-order chi connectivity index (χ0) is 8.77. The number of rotatable bonds is 0. The minimum absolute atomic E-state index is 0.378. The lowest BCUT2D eigenvalue weighted by Gasteiger charge is -2.40. The summed E-state index contributed by atoms with van der Waals surface area (Å²) in [6.45, 7) is 4.51. The molecule has 1 saturated heterocycles. The zero-order valence-corrected chi connectivity index (χ0v) is 9.25. The van der Waals surface area contributed by atoms with E-state index < -0.39 is 0 Å². The average Bonchev–Trinajstić information content (AvgIpc) is 2.32. The normalized spacial score (nSPS) is 53.8. The largest absolute Gasteiger partial charge is 0.378 e. The molecule has 1 heterocycles. The molecular weight excluding hydrogens is 188 g/mol. The van der Waals surface area contributed by atoms with Crippen molar-refractivity contribution in [2.75, 3.05) is 0 Å². The van der Waals surface area contributed by atoms with E-state index in [4.69, 9.17) is 0 Å². The highest BCUT2D eigenvalue weighted by Gasteiger charge is 2.48. The van der Waals surface area contributed by atoms with Crippen LogP contribution in [0.4, 0.5) is 0 Å². The van der Waals surface area contributed by atoms with Gasteiger partial charge in [-0.2, -0.15) is 11.8 Å². The Morgan fingerprint density at radius 3 is 2.83 bits per heavy atom. The summed E-state index contributed by atoms with van der Waals surface area (Å²) in [7, 11) is 0. The summed E-state index contributed by atoms with van der Waals surface area (Å²) in [5.41, 5.74) is 0. The first-order valence-corrected chi connectivity index (χ1v) is 6.50. The third-order valence-corrected chi connectivity index (χ3v) is 6.72. The van der Waals surface area contributed by atoms with Gasteiger partial charge in [0.25, 0.3) is 0 Å². The Balaban J connectivity index is 2.12. The van der Waals surface area contributed by atoms with Crippen LogP contribution in [-0.4, -0.2) is 25.8 Å². The summed E-state index contributed by atoms with van der Waals surface area (Å²) < 4.78 is 0. The van der Waals surface area contributed by atoms with Gasteiger partial charge < -0.3 is 5.11 Å². The average molecular weight is 204 g/mol. The van der Waals surface area contributed by atoms with E-state index in [9.17, 15) is 5.11 Å². The number of thioether (sulfide) groups is 2. The van der Waals surface area contributed by atoms with Gasteiger partial charge >= 0.3 is 0 Å². The summed E-state index contributed by atoms with van der Waals surface area (Å²) in [6.07, 6.45) is 3.43. The molecule has 4 unspecified atom stereocenters. The molecule has 0 aromatic heterocycles. The van der Waals surface area contributed by atoms with Crippen LogP contribution in [0, 0.1) is 0 Å². The van der Waals surface area contributed by atoms with Gasteiger partial charge in [-0.05, 0) is 19.3 Å². The Morgan fingerprint density at radius 2 is 2.08 bits per heavy atom. The molecule has 0 bridgehead atoms. The van der Waals surface area contributed by atoms with Crippen LogP contribution in [0.5, 0.6) is 0 Å². The standard InChI is InChI=1S/C9H16OS2/c1-6-7(2)12-9(10)5-3-4-8(9)11-6/h6-8,10H,3-5H2,1-2H3. The Labute approximate surface area is 82.7 Å². The van der Waals surface area contributed by atoms with Crippen LogP contribution in [0.2, 0.25) is 0 Å². The van der Waals surface area contributed by atoms with E-state index in [-0.39, 0.29) is 4.93 Å². The molecule has 0 amide bonds. The molecule has 0 spiro atoms. The predicted molar refractivity (Wildman–Crippen MR) is 56.7 cm³/mol. The van der Waals surface area contributed by atoms with Gasteiger partial charge in [-0.25, -0.2) is 0 Å². The molecule has 2 fully saturated rings. The molecule has 2 aliphatic rings. The van der Waals surface area contributed by atoms with E-state index in [0.717, 1.165) is 6.42 Å². The van der Waals surface area contributed by atoms with Gasteiger partial charge in [0.2, 0.25) is 0 Å². The van der Waals surface area contributed by atoms with Gasteiger partial charge in [0.1, 0.15) is 4.93 Å². The minimum Gasteiger partial charge on any atom is -0.378 e. The Hall–Kier alpha value is 0.660. The van der Waals surface area contributed by atoms with E-state index >= 15 is 0 Å². The van der Waals surface area contributed by atoms with Crippen LogP contribution in [0.15, 0.2) is 0 Å². The first-order valence-electron chi connectivity index (χ1n) is 4.67. The molecule has 4 atom stereocenters. The molecular formula is C9H16OS2. The van der Waals surface area contributed by atoms with Crippen molar-refractivity contribution in [3.8, 4) is 0 Å². The molecule has 3 heteroatoms. The highest BCUT2D eigenvalue weighted by Crippen LogP contribution is 2.53. The first kappa shape index (κ1) is 9.22. The van der Waals surface area contributed by atoms with Gasteiger partial charge in [0, 0.05) is 15.7 Å². The van der Waals surface area contributed by atoms with Crippen molar-refractivity contribution < 1.29 is 5.11 Å². The second kappa shape index (κ2) is 3.10. The molecule has 70 valence electrons. The van der Waals surface area contributed by atoms with E-state index in [0.29, 0.717) is 15.7 Å². The van der Waals surface area contributed by atoms with Gasteiger partial charge in [-0.15, -0.1) is 11.8 Å². The fourth-order valence-electron chi connectivity index (χ4n) is 2.02. The maximum Gasteiger partial charge on any atom is 0.122 e. The number of hydrogen-bond donors (Lipinski definition) is 1. The van der Waals surface area contributed by atoms with Crippen molar-refractivity contribution in [3.05, 3.63) is 0 Å².